The SMILES string of the molecule is CN=C(NCCCCOC1CCCCCC1)NCC(C)(C)N1CCOCC1. The summed E-state index contributed by atoms with van der Waals surface area (Å²) in [5.41, 5.74) is 0.0912. The third-order valence-corrected chi connectivity index (χ3v) is 5.80. The lowest BCUT2D eigenvalue weighted by Crippen LogP contribution is -2.56. The second-order valence-electron chi connectivity index (χ2n) is 8.46. The van der Waals surface area contributed by atoms with E-state index >= 15 is 0 Å². The molecule has 1 aliphatic heterocycles. The zero-order valence-corrected chi connectivity index (χ0v) is 17.9. The van der Waals surface area contributed by atoms with Crippen molar-refractivity contribution < 1.29 is 9.47 Å². The Labute approximate surface area is 166 Å². The topological polar surface area (TPSA) is 58.1 Å². The van der Waals surface area contributed by atoms with Gasteiger partial charge in [0, 0.05) is 45.4 Å². The first-order valence-corrected chi connectivity index (χ1v) is 11.0. The quantitative estimate of drug-likeness (QED) is 0.278. The van der Waals surface area contributed by atoms with Crippen molar-refractivity contribution in [2.24, 2.45) is 4.99 Å². The van der Waals surface area contributed by atoms with Gasteiger partial charge in [0.25, 0.3) is 0 Å². The van der Waals surface area contributed by atoms with Gasteiger partial charge in [0.2, 0.25) is 0 Å². The van der Waals surface area contributed by atoms with E-state index in [1.54, 1.807) is 0 Å². The second kappa shape index (κ2) is 12.6. The van der Waals surface area contributed by atoms with Crippen LogP contribution in [0.3, 0.4) is 0 Å². The number of hydrogen-bond acceptors (Lipinski definition) is 4. The number of hydrogen-bond donors (Lipinski definition) is 2. The fraction of sp³-hybridized carbons (Fsp3) is 0.952. The van der Waals surface area contributed by atoms with Gasteiger partial charge >= 0.3 is 0 Å². The van der Waals surface area contributed by atoms with Crippen LogP contribution in [-0.2, 0) is 9.47 Å². The summed E-state index contributed by atoms with van der Waals surface area (Å²) in [6, 6.07) is 0. The molecule has 1 saturated carbocycles. The number of guanidine groups is 1. The molecule has 1 heterocycles. The van der Waals surface area contributed by atoms with Gasteiger partial charge in [-0.15, -0.1) is 0 Å². The van der Waals surface area contributed by atoms with E-state index in [0.29, 0.717) is 6.10 Å². The van der Waals surface area contributed by atoms with Crippen molar-refractivity contribution in [2.75, 3.05) is 53.0 Å². The van der Waals surface area contributed by atoms with Gasteiger partial charge < -0.3 is 20.1 Å². The maximum Gasteiger partial charge on any atom is 0.191 e. The van der Waals surface area contributed by atoms with Crippen LogP contribution in [0.1, 0.15) is 65.2 Å². The zero-order valence-electron chi connectivity index (χ0n) is 17.9. The average Bonchev–Trinajstić information content (AvgIpc) is 2.96. The van der Waals surface area contributed by atoms with E-state index < -0.39 is 0 Å². The van der Waals surface area contributed by atoms with Gasteiger partial charge in [-0.2, -0.15) is 0 Å². The van der Waals surface area contributed by atoms with Gasteiger partial charge in [0.15, 0.2) is 5.96 Å². The van der Waals surface area contributed by atoms with Crippen molar-refractivity contribution in [1.82, 2.24) is 15.5 Å². The molecule has 6 nitrogen and oxygen atoms in total. The van der Waals surface area contributed by atoms with Crippen LogP contribution >= 0.6 is 0 Å². The molecule has 27 heavy (non-hydrogen) atoms. The maximum absolute atomic E-state index is 6.07. The van der Waals surface area contributed by atoms with Gasteiger partial charge in [-0.25, -0.2) is 0 Å². The summed E-state index contributed by atoms with van der Waals surface area (Å²) in [6.45, 7) is 10.9. The smallest absolute Gasteiger partial charge is 0.191 e. The van der Waals surface area contributed by atoms with Gasteiger partial charge in [-0.1, -0.05) is 25.7 Å². The number of ether oxygens (including phenoxy) is 2. The van der Waals surface area contributed by atoms with E-state index in [4.69, 9.17) is 9.47 Å². The Bertz CT molecular complexity index is 414. The molecule has 0 aromatic rings. The zero-order chi connectivity index (χ0) is 19.4. The minimum atomic E-state index is 0.0912. The predicted octanol–water partition coefficient (Wildman–Crippen LogP) is 2.78. The third-order valence-electron chi connectivity index (χ3n) is 5.80. The van der Waals surface area contributed by atoms with Crippen LogP contribution in [-0.4, -0.2) is 75.5 Å². The van der Waals surface area contributed by atoms with Gasteiger partial charge in [-0.05, 0) is 39.5 Å². The second-order valence-corrected chi connectivity index (χ2v) is 8.46. The van der Waals surface area contributed by atoms with E-state index in [2.05, 4.69) is 34.4 Å². The molecule has 2 rings (SSSR count). The molecule has 0 aromatic carbocycles. The molecule has 0 unspecified atom stereocenters. The minimum absolute atomic E-state index is 0.0912. The van der Waals surface area contributed by atoms with E-state index in [1.165, 1.54) is 38.5 Å². The first-order chi connectivity index (χ1) is 13.1. The molecule has 0 amide bonds. The highest BCUT2D eigenvalue weighted by atomic mass is 16.5. The molecule has 1 saturated heterocycles. The molecule has 0 atom stereocenters. The molecule has 2 fully saturated rings. The molecule has 1 aliphatic carbocycles. The van der Waals surface area contributed by atoms with E-state index in [1.807, 2.05) is 7.05 Å². The van der Waals surface area contributed by atoms with Crippen LogP contribution in [0.5, 0.6) is 0 Å². The summed E-state index contributed by atoms with van der Waals surface area (Å²) in [5.74, 6) is 0.890. The van der Waals surface area contributed by atoms with Crippen molar-refractivity contribution in [2.45, 2.75) is 76.9 Å². The summed E-state index contributed by atoms with van der Waals surface area (Å²) in [6.07, 6.45) is 10.7. The maximum atomic E-state index is 6.07. The van der Waals surface area contributed by atoms with Crippen LogP contribution in [0, 0.1) is 0 Å². The summed E-state index contributed by atoms with van der Waals surface area (Å²) in [4.78, 5) is 6.85. The fourth-order valence-electron chi connectivity index (χ4n) is 3.89. The van der Waals surface area contributed by atoms with Crippen LogP contribution in [0.2, 0.25) is 0 Å². The highest BCUT2D eigenvalue weighted by molar-refractivity contribution is 5.79. The lowest BCUT2D eigenvalue weighted by atomic mass is 10.0. The van der Waals surface area contributed by atoms with Crippen molar-refractivity contribution in [3.05, 3.63) is 0 Å². The number of unbranched alkanes of at least 4 members (excludes halogenated alkanes) is 1. The summed E-state index contributed by atoms with van der Waals surface area (Å²) >= 11 is 0. The lowest BCUT2D eigenvalue weighted by Gasteiger charge is -2.41. The van der Waals surface area contributed by atoms with Gasteiger partial charge in [-0.3, -0.25) is 9.89 Å². The van der Waals surface area contributed by atoms with Gasteiger partial charge in [0.1, 0.15) is 0 Å². The molecule has 0 aromatic heterocycles. The Hall–Kier alpha value is -0.850. The van der Waals surface area contributed by atoms with E-state index in [9.17, 15) is 0 Å². The van der Waals surface area contributed by atoms with Crippen LogP contribution < -0.4 is 10.6 Å². The Morgan fingerprint density at radius 3 is 2.44 bits per heavy atom. The molecule has 2 aliphatic rings. The van der Waals surface area contributed by atoms with E-state index in [0.717, 1.165) is 64.8 Å². The summed E-state index contributed by atoms with van der Waals surface area (Å²) in [5, 5.41) is 6.92. The van der Waals surface area contributed by atoms with Crippen LogP contribution in [0.25, 0.3) is 0 Å². The molecular formula is C21H42N4O2. The monoisotopic (exact) mass is 382 g/mol. The predicted molar refractivity (Wildman–Crippen MR) is 113 cm³/mol. The molecule has 6 heteroatoms. The van der Waals surface area contributed by atoms with Crippen molar-refractivity contribution >= 4 is 5.96 Å². The Morgan fingerprint density at radius 1 is 1.07 bits per heavy atom. The van der Waals surface area contributed by atoms with E-state index in [-0.39, 0.29) is 5.54 Å². The van der Waals surface area contributed by atoms with Crippen LogP contribution in [0.4, 0.5) is 0 Å². The molecule has 158 valence electrons. The normalized spacial score (nSPS) is 21.1. The average molecular weight is 383 g/mol. The number of nitrogens with zero attached hydrogens (tertiary/aromatic N) is 2. The molecule has 2 N–H and O–H groups in total. The minimum Gasteiger partial charge on any atom is -0.379 e. The number of rotatable bonds is 9. The third kappa shape index (κ3) is 8.79. The summed E-state index contributed by atoms with van der Waals surface area (Å²) < 4.78 is 11.5. The number of morpholine rings is 1. The Kier molecular flexibility index (Phi) is 10.5. The number of aliphatic imine (C=N–C) groups is 1. The first kappa shape index (κ1) is 22.4. The van der Waals surface area contributed by atoms with Crippen molar-refractivity contribution in [3.8, 4) is 0 Å². The molecule has 0 radical (unpaired) electrons. The lowest BCUT2D eigenvalue weighted by molar-refractivity contribution is -0.00834. The molecular weight excluding hydrogens is 340 g/mol. The highest BCUT2D eigenvalue weighted by Crippen LogP contribution is 2.20. The highest BCUT2D eigenvalue weighted by Gasteiger charge is 2.28. The first-order valence-electron chi connectivity index (χ1n) is 11.0. The largest absolute Gasteiger partial charge is 0.379 e. The summed E-state index contributed by atoms with van der Waals surface area (Å²) in [7, 11) is 1.84. The fourth-order valence-corrected chi connectivity index (χ4v) is 3.89. The molecule has 0 bridgehead atoms. The number of nitrogens with one attached hydrogen (secondary N) is 2. The Balaban J connectivity index is 1.54. The van der Waals surface area contributed by atoms with Crippen LogP contribution in [0.15, 0.2) is 4.99 Å². The van der Waals surface area contributed by atoms with Gasteiger partial charge in [0.05, 0.1) is 19.3 Å². The molecule has 0 spiro atoms. The van der Waals surface area contributed by atoms with Crippen molar-refractivity contribution in [1.29, 1.82) is 0 Å². The standard InChI is InChI=1S/C21H42N4O2/c1-21(2,25-13-16-26-17-14-25)18-24-20(22-3)23-12-8-9-15-27-19-10-6-4-5-7-11-19/h19H,4-18H2,1-3H3,(H2,22,23,24). The Morgan fingerprint density at radius 2 is 1.78 bits per heavy atom. The van der Waals surface area contributed by atoms with Crippen molar-refractivity contribution in [3.63, 3.8) is 0 Å².